The lowest BCUT2D eigenvalue weighted by molar-refractivity contribution is -0.142. The van der Waals surface area contributed by atoms with Crippen molar-refractivity contribution >= 4 is 5.97 Å². The average Bonchev–Trinajstić information content (AvgIpc) is 1.81. The molecule has 0 fully saturated rings. The smallest absolute Gasteiger partial charge is 0.329 e. The van der Waals surface area contributed by atoms with Gasteiger partial charge in [-0.15, -0.1) is 0 Å². The van der Waals surface area contributed by atoms with Crippen LogP contribution in [0, 0.1) is 0 Å². The van der Waals surface area contributed by atoms with Gasteiger partial charge in [-0.25, -0.2) is 4.79 Å². The molecule has 0 aromatic heterocycles. The normalized spacial score (nSPS) is 20.1. The van der Waals surface area contributed by atoms with E-state index in [9.17, 15) is 4.79 Å². The van der Waals surface area contributed by atoms with Gasteiger partial charge in [0.15, 0.2) is 0 Å². The molecule has 0 aromatic rings. The van der Waals surface area contributed by atoms with E-state index in [-0.39, 0.29) is 0 Å². The quantitative estimate of drug-likeness (QED) is 0.508. The Kier molecular flexibility index (Phi) is 1.59. The Balaban J connectivity index is 4.14. The maximum atomic E-state index is 9.88. The Bertz CT molecular complexity index is 174. The highest BCUT2D eigenvalue weighted by Crippen LogP contribution is 1.70. The Labute approximate surface area is 52.3 Å². The van der Waals surface area contributed by atoms with Crippen LogP contribution in [0.4, 0.5) is 0 Å². The molecule has 0 spiro atoms. The highest BCUT2D eigenvalue weighted by molar-refractivity contribution is 5.67. The van der Waals surface area contributed by atoms with Crippen LogP contribution in [0.3, 0.4) is 0 Å². The molecule has 4 heteroatoms. The van der Waals surface area contributed by atoms with Gasteiger partial charge in [0.1, 0.15) is 6.61 Å². The first-order chi connectivity index (χ1) is 5.17. The predicted molar refractivity (Wildman–Crippen MR) is 25.5 cm³/mol. The zero-order valence-electron chi connectivity index (χ0n) is 7.92. The van der Waals surface area contributed by atoms with Crippen molar-refractivity contribution in [3.05, 3.63) is 0 Å². The SMILES string of the molecule is [2H]C([2H])(O)C([2H])([2H])OCC(=O)O. The summed E-state index contributed by atoms with van der Waals surface area (Å²) in [4.78, 5) is 9.88. The fourth-order valence-corrected chi connectivity index (χ4v) is 0.130. The molecule has 0 saturated heterocycles. The second-order valence-corrected chi connectivity index (χ2v) is 0.896. The topological polar surface area (TPSA) is 66.8 Å². The summed E-state index contributed by atoms with van der Waals surface area (Å²) in [6.45, 7) is -7.25. The minimum atomic E-state index is -3.22. The van der Waals surface area contributed by atoms with E-state index in [0.29, 0.717) is 0 Å². The predicted octanol–water partition coefficient (Wildman–Crippen LogP) is -0.920. The summed E-state index contributed by atoms with van der Waals surface area (Å²) in [5.74, 6) is -1.44. The molecule has 0 saturated carbocycles. The number of hydrogen-bond donors (Lipinski definition) is 2. The Morgan fingerprint density at radius 3 is 2.88 bits per heavy atom. The highest BCUT2D eigenvalue weighted by Gasteiger charge is 1.92. The molecule has 0 aromatic carbocycles. The third-order valence-electron chi connectivity index (χ3n) is 0.313. The van der Waals surface area contributed by atoms with E-state index in [1.165, 1.54) is 0 Å². The highest BCUT2D eigenvalue weighted by atomic mass is 16.5. The Morgan fingerprint density at radius 2 is 2.50 bits per heavy atom. The molecule has 48 valence electrons. The van der Waals surface area contributed by atoms with Crippen LogP contribution in [0.15, 0.2) is 0 Å². The molecular weight excluding hydrogens is 112 g/mol. The Hall–Kier alpha value is -0.610. The van der Waals surface area contributed by atoms with Crippen LogP contribution in [0.25, 0.3) is 0 Å². The molecule has 8 heavy (non-hydrogen) atoms. The molecular formula is C4H8O4. The largest absolute Gasteiger partial charge is 0.480 e. The molecule has 0 bridgehead atoms. The maximum Gasteiger partial charge on any atom is 0.329 e. The summed E-state index contributed by atoms with van der Waals surface area (Å²) in [5.41, 5.74) is 0. The van der Waals surface area contributed by atoms with E-state index in [4.69, 9.17) is 15.7 Å². The molecule has 2 N–H and O–H groups in total. The van der Waals surface area contributed by atoms with Crippen molar-refractivity contribution in [3.8, 4) is 0 Å². The van der Waals surface area contributed by atoms with Crippen LogP contribution in [-0.4, -0.2) is 35.9 Å². The standard InChI is InChI=1S/C4H8O4/c5-1-2-8-3-4(6)7/h5H,1-3H2,(H,6,7)/i1D2,2D2. The van der Waals surface area contributed by atoms with E-state index in [0.717, 1.165) is 0 Å². The number of carboxylic acids is 1. The van der Waals surface area contributed by atoms with Crippen LogP contribution in [0.1, 0.15) is 5.48 Å². The molecule has 0 aliphatic rings. The van der Waals surface area contributed by atoms with Gasteiger partial charge < -0.3 is 14.9 Å². The van der Waals surface area contributed by atoms with Gasteiger partial charge in [0, 0.05) is 0 Å². The van der Waals surface area contributed by atoms with Crippen LogP contribution in [-0.2, 0) is 9.53 Å². The average molecular weight is 124 g/mol. The van der Waals surface area contributed by atoms with Gasteiger partial charge in [0.25, 0.3) is 0 Å². The first kappa shape index (κ1) is 2.80. The second kappa shape index (κ2) is 4.55. The monoisotopic (exact) mass is 124 g/mol. The minimum Gasteiger partial charge on any atom is -0.480 e. The van der Waals surface area contributed by atoms with Gasteiger partial charge >= 0.3 is 5.97 Å². The van der Waals surface area contributed by atoms with Gasteiger partial charge in [-0.05, 0) is 0 Å². The van der Waals surface area contributed by atoms with E-state index >= 15 is 0 Å². The van der Waals surface area contributed by atoms with Crippen molar-refractivity contribution in [2.75, 3.05) is 19.7 Å². The van der Waals surface area contributed by atoms with E-state index in [1.807, 2.05) is 0 Å². The van der Waals surface area contributed by atoms with Crippen molar-refractivity contribution in [3.63, 3.8) is 0 Å². The molecule has 0 amide bonds. The molecule has 0 unspecified atom stereocenters. The number of aliphatic carboxylic acids is 1. The number of carboxylic acid groups (broad SMARTS) is 1. The fraction of sp³-hybridized carbons (Fsp3) is 0.750. The van der Waals surface area contributed by atoms with Gasteiger partial charge in [0.2, 0.25) is 0 Å². The van der Waals surface area contributed by atoms with E-state index in [1.54, 1.807) is 0 Å². The van der Waals surface area contributed by atoms with Crippen LogP contribution < -0.4 is 0 Å². The zero-order chi connectivity index (χ0) is 9.99. The lowest BCUT2D eigenvalue weighted by atomic mass is 10.7. The Morgan fingerprint density at radius 1 is 1.88 bits per heavy atom. The maximum absolute atomic E-state index is 9.88. The summed E-state index contributed by atoms with van der Waals surface area (Å²) in [5, 5.41) is 16.5. The summed E-state index contributed by atoms with van der Waals surface area (Å²) in [6, 6.07) is 0. The molecule has 4 nitrogen and oxygen atoms in total. The number of carbonyl (C=O) groups is 1. The van der Waals surface area contributed by atoms with Crippen molar-refractivity contribution in [1.29, 1.82) is 0 Å². The zero-order valence-corrected chi connectivity index (χ0v) is 3.92. The molecule has 0 aliphatic carbocycles. The van der Waals surface area contributed by atoms with Crippen LogP contribution >= 0.6 is 0 Å². The van der Waals surface area contributed by atoms with Crippen molar-refractivity contribution < 1.29 is 25.2 Å². The number of aliphatic hydroxyl groups is 1. The lowest BCUT2D eigenvalue weighted by Crippen LogP contribution is -2.09. The first-order valence-corrected chi connectivity index (χ1v) is 1.75. The summed E-state index contributed by atoms with van der Waals surface area (Å²) >= 11 is 0. The van der Waals surface area contributed by atoms with Crippen molar-refractivity contribution in [1.82, 2.24) is 0 Å². The summed E-state index contributed by atoms with van der Waals surface area (Å²) in [7, 11) is 0. The van der Waals surface area contributed by atoms with Gasteiger partial charge in [-0.2, -0.15) is 0 Å². The van der Waals surface area contributed by atoms with Crippen LogP contribution in [0.5, 0.6) is 0 Å². The lowest BCUT2D eigenvalue weighted by Gasteiger charge is -1.93. The van der Waals surface area contributed by atoms with Gasteiger partial charge in [-0.3, -0.25) is 0 Å². The molecule has 0 atom stereocenters. The number of rotatable bonds is 4. The minimum absolute atomic E-state index is 1.01. The molecule has 0 radical (unpaired) electrons. The second-order valence-electron chi connectivity index (χ2n) is 0.896. The number of ether oxygens (including phenoxy) is 1. The molecule has 0 aliphatic heterocycles. The fourth-order valence-electron chi connectivity index (χ4n) is 0.130. The van der Waals surface area contributed by atoms with Crippen molar-refractivity contribution in [2.45, 2.75) is 0 Å². The first-order valence-electron chi connectivity index (χ1n) is 3.75. The van der Waals surface area contributed by atoms with Gasteiger partial charge in [-0.1, -0.05) is 0 Å². The molecule has 0 heterocycles. The third-order valence-corrected chi connectivity index (χ3v) is 0.313. The molecule has 0 rings (SSSR count). The summed E-state index contributed by atoms with van der Waals surface area (Å²) in [6.07, 6.45) is 0. The van der Waals surface area contributed by atoms with Gasteiger partial charge in [0.05, 0.1) is 18.6 Å². The van der Waals surface area contributed by atoms with E-state index < -0.39 is 25.7 Å². The van der Waals surface area contributed by atoms with Crippen molar-refractivity contribution in [2.24, 2.45) is 0 Å². The van der Waals surface area contributed by atoms with E-state index in [2.05, 4.69) is 4.74 Å². The van der Waals surface area contributed by atoms with Crippen LogP contribution in [0.2, 0.25) is 0 Å². The number of hydrogen-bond acceptors (Lipinski definition) is 3. The summed E-state index contributed by atoms with van der Waals surface area (Å²) < 4.78 is 30.4. The third kappa shape index (κ3) is 5.39.